The fraction of sp³-hybridized carbons (Fsp3) is 0.300. The first-order valence-electron chi connectivity index (χ1n) is 4.83. The number of thioether (sulfide) groups is 1. The second-order valence-electron chi connectivity index (χ2n) is 3.28. The number of nitrogens with zero attached hydrogens (tertiary/aromatic N) is 2. The van der Waals surface area contributed by atoms with Crippen LogP contribution in [0.25, 0.3) is 0 Å². The highest BCUT2D eigenvalue weighted by Crippen LogP contribution is 2.44. The topological polar surface area (TPSA) is 24.9 Å². The first kappa shape index (κ1) is 9.62. The maximum absolute atomic E-state index is 5.55. The van der Waals surface area contributed by atoms with Gasteiger partial charge < -0.3 is 0 Å². The van der Waals surface area contributed by atoms with E-state index in [-0.39, 0.29) is 5.37 Å². The number of hydrogen-bond acceptors (Lipinski definition) is 5. The SMILES string of the molecule is [CH]1SC(c2ccccc2)N2OCCON12. The van der Waals surface area contributed by atoms with Crippen LogP contribution >= 0.6 is 11.8 Å². The lowest BCUT2D eigenvalue weighted by Gasteiger charge is -2.32. The highest BCUT2D eigenvalue weighted by molar-refractivity contribution is 8.01. The molecule has 2 saturated heterocycles. The molecule has 3 rings (SSSR count). The van der Waals surface area contributed by atoms with Crippen LogP contribution in [0.4, 0.5) is 0 Å². The Bertz CT molecular complexity index is 335. The van der Waals surface area contributed by atoms with Gasteiger partial charge in [0.1, 0.15) is 11.3 Å². The minimum Gasteiger partial charge on any atom is -0.278 e. The predicted molar refractivity (Wildman–Crippen MR) is 56.7 cm³/mol. The van der Waals surface area contributed by atoms with Crippen molar-refractivity contribution in [1.82, 2.24) is 10.3 Å². The molecule has 2 aliphatic heterocycles. The van der Waals surface area contributed by atoms with E-state index >= 15 is 0 Å². The third-order valence-corrected chi connectivity index (χ3v) is 3.30. The Hall–Kier alpha value is -0.590. The fourth-order valence-electron chi connectivity index (χ4n) is 1.61. The van der Waals surface area contributed by atoms with Crippen LogP contribution in [0, 0.1) is 5.88 Å². The number of rotatable bonds is 1. The van der Waals surface area contributed by atoms with Crippen molar-refractivity contribution in [1.29, 1.82) is 0 Å². The van der Waals surface area contributed by atoms with Crippen LogP contribution in [0.3, 0.4) is 0 Å². The summed E-state index contributed by atoms with van der Waals surface area (Å²) in [5.41, 5.74) is 1.21. The van der Waals surface area contributed by atoms with Gasteiger partial charge in [0.2, 0.25) is 0 Å². The van der Waals surface area contributed by atoms with Crippen molar-refractivity contribution in [2.24, 2.45) is 0 Å². The molecule has 15 heavy (non-hydrogen) atoms. The maximum Gasteiger partial charge on any atom is 0.130 e. The highest BCUT2D eigenvalue weighted by Gasteiger charge is 2.38. The van der Waals surface area contributed by atoms with Crippen LogP contribution < -0.4 is 0 Å². The maximum atomic E-state index is 5.55. The van der Waals surface area contributed by atoms with Gasteiger partial charge in [0.25, 0.3) is 0 Å². The molecule has 2 fully saturated rings. The summed E-state index contributed by atoms with van der Waals surface area (Å²) in [6, 6.07) is 10.3. The smallest absolute Gasteiger partial charge is 0.130 e. The molecular formula is C10H11N2O2S. The van der Waals surface area contributed by atoms with E-state index in [1.165, 1.54) is 5.56 Å². The number of fused-ring (bicyclic) bond motifs is 1. The van der Waals surface area contributed by atoms with Crippen LogP contribution in [-0.2, 0) is 9.68 Å². The molecule has 79 valence electrons. The van der Waals surface area contributed by atoms with E-state index in [4.69, 9.17) is 9.68 Å². The Morgan fingerprint density at radius 2 is 1.93 bits per heavy atom. The summed E-state index contributed by atoms with van der Waals surface area (Å²) < 4.78 is 0. The van der Waals surface area contributed by atoms with Crippen molar-refractivity contribution in [3.05, 3.63) is 41.8 Å². The summed E-state index contributed by atoms with van der Waals surface area (Å²) in [7, 11) is 0. The van der Waals surface area contributed by atoms with Crippen molar-refractivity contribution in [2.75, 3.05) is 13.2 Å². The van der Waals surface area contributed by atoms with E-state index in [9.17, 15) is 0 Å². The zero-order chi connectivity index (χ0) is 10.1. The van der Waals surface area contributed by atoms with Gasteiger partial charge in [-0.25, -0.2) is 0 Å². The average Bonchev–Trinajstić information content (AvgIpc) is 2.74. The molecule has 1 atom stereocenters. The summed E-state index contributed by atoms with van der Waals surface area (Å²) in [6.07, 6.45) is 0. The Kier molecular flexibility index (Phi) is 2.64. The van der Waals surface area contributed by atoms with E-state index in [2.05, 4.69) is 12.1 Å². The number of hydrazine groups is 1. The summed E-state index contributed by atoms with van der Waals surface area (Å²) >= 11 is 1.68. The predicted octanol–water partition coefficient (Wildman–Crippen LogP) is 1.95. The first-order valence-corrected chi connectivity index (χ1v) is 5.77. The molecule has 0 aromatic heterocycles. The molecule has 1 radical (unpaired) electrons. The van der Waals surface area contributed by atoms with E-state index < -0.39 is 0 Å². The Morgan fingerprint density at radius 1 is 1.13 bits per heavy atom. The van der Waals surface area contributed by atoms with Crippen LogP contribution in [0.5, 0.6) is 0 Å². The molecule has 1 aromatic rings. The average molecular weight is 223 g/mol. The third-order valence-electron chi connectivity index (χ3n) is 2.29. The minimum atomic E-state index is 0.159. The molecule has 0 bridgehead atoms. The van der Waals surface area contributed by atoms with Crippen LogP contribution in [-0.4, -0.2) is 23.6 Å². The quantitative estimate of drug-likeness (QED) is 0.724. The minimum absolute atomic E-state index is 0.159. The van der Waals surface area contributed by atoms with Gasteiger partial charge in [0.15, 0.2) is 0 Å². The number of benzene rings is 1. The summed E-state index contributed by atoms with van der Waals surface area (Å²) in [5.74, 6) is 1.93. The van der Waals surface area contributed by atoms with Crippen molar-refractivity contribution < 1.29 is 9.68 Å². The Morgan fingerprint density at radius 3 is 2.80 bits per heavy atom. The lowest BCUT2D eigenvalue weighted by molar-refractivity contribution is -0.428. The Balaban J connectivity index is 1.82. The highest BCUT2D eigenvalue weighted by atomic mass is 32.2. The molecule has 2 heterocycles. The molecule has 0 saturated carbocycles. The van der Waals surface area contributed by atoms with Crippen molar-refractivity contribution in [3.8, 4) is 0 Å². The molecule has 1 aromatic carbocycles. The standard InChI is InChI=1S/C10H11N2O2S/c1-2-4-9(5-3-1)10-12-11(8-15-10)13-6-7-14-12/h1-5,8,10H,6-7H2. The van der Waals surface area contributed by atoms with Gasteiger partial charge in [0.05, 0.1) is 13.2 Å². The van der Waals surface area contributed by atoms with Crippen LogP contribution in [0.2, 0.25) is 0 Å². The second kappa shape index (κ2) is 4.11. The fourth-order valence-corrected chi connectivity index (χ4v) is 2.55. The van der Waals surface area contributed by atoms with E-state index in [0.717, 1.165) is 0 Å². The van der Waals surface area contributed by atoms with Crippen LogP contribution in [0.1, 0.15) is 10.9 Å². The van der Waals surface area contributed by atoms with Gasteiger partial charge in [-0.2, -0.15) is 0 Å². The molecule has 0 amide bonds. The van der Waals surface area contributed by atoms with Gasteiger partial charge in [-0.15, -0.1) is 11.8 Å². The first-order chi connectivity index (χ1) is 7.45. The summed E-state index contributed by atoms with van der Waals surface area (Å²) in [4.78, 5) is 11.0. The zero-order valence-electron chi connectivity index (χ0n) is 8.07. The van der Waals surface area contributed by atoms with E-state index in [0.29, 0.717) is 13.2 Å². The van der Waals surface area contributed by atoms with Crippen LogP contribution in [0.15, 0.2) is 30.3 Å². The third kappa shape index (κ3) is 1.77. The van der Waals surface area contributed by atoms with Gasteiger partial charge in [0, 0.05) is 0 Å². The van der Waals surface area contributed by atoms with Crippen molar-refractivity contribution in [3.63, 3.8) is 0 Å². The normalized spacial score (nSPS) is 27.9. The lowest BCUT2D eigenvalue weighted by Crippen LogP contribution is -2.42. The number of hydrogen-bond donors (Lipinski definition) is 0. The van der Waals surface area contributed by atoms with Crippen molar-refractivity contribution in [2.45, 2.75) is 5.37 Å². The van der Waals surface area contributed by atoms with Gasteiger partial charge in [-0.1, -0.05) is 40.7 Å². The molecule has 4 nitrogen and oxygen atoms in total. The summed E-state index contributed by atoms with van der Waals surface area (Å²) in [5, 5.41) is 3.58. The Labute approximate surface area is 92.6 Å². The second-order valence-corrected chi connectivity index (χ2v) is 4.21. The van der Waals surface area contributed by atoms with E-state index in [1.54, 1.807) is 22.1 Å². The number of hydroxylamine groups is 2. The lowest BCUT2D eigenvalue weighted by atomic mass is 10.2. The molecule has 0 aliphatic carbocycles. The largest absolute Gasteiger partial charge is 0.278 e. The molecule has 0 N–H and O–H groups in total. The molecular weight excluding hydrogens is 212 g/mol. The monoisotopic (exact) mass is 223 g/mol. The molecule has 5 heteroatoms. The van der Waals surface area contributed by atoms with E-state index in [1.807, 2.05) is 24.1 Å². The van der Waals surface area contributed by atoms with Gasteiger partial charge in [-0.05, 0) is 5.56 Å². The van der Waals surface area contributed by atoms with Gasteiger partial charge in [-0.3, -0.25) is 9.68 Å². The van der Waals surface area contributed by atoms with Gasteiger partial charge >= 0.3 is 0 Å². The molecule has 2 aliphatic rings. The molecule has 1 unspecified atom stereocenters. The zero-order valence-corrected chi connectivity index (χ0v) is 8.89. The van der Waals surface area contributed by atoms with Crippen molar-refractivity contribution >= 4 is 11.8 Å². The molecule has 0 spiro atoms. The summed E-state index contributed by atoms with van der Waals surface area (Å²) in [6.45, 7) is 1.21.